The smallest absolute Gasteiger partial charge is 0.165 e. The molecule has 5 heteroatoms. The fourth-order valence-corrected chi connectivity index (χ4v) is 2.43. The second-order valence-corrected chi connectivity index (χ2v) is 5.48. The molecule has 0 bridgehead atoms. The van der Waals surface area contributed by atoms with Gasteiger partial charge in [0.15, 0.2) is 11.6 Å². The molecule has 0 aromatic heterocycles. The maximum Gasteiger partial charge on any atom is 0.165 e. The number of nitrogens with two attached hydrogens (primary N) is 1. The van der Waals surface area contributed by atoms with Crippen molar-refractivity contribution >= 4 is 0 Å². The summed E-state index contributed by atoms with van der Waals surface area (Å²) in [5.74, 6) is -0.0673. The maximum absolute atomic E-state index is 13.9. The van der Waals surface area contributed by atoms with Crippen molar-refractivity contribution in [3.63, 3.8) is 0 Å². The number of halogens is 1. The van der Waals surface area contributed by atoms with E-state index in [0.29, 0.717) is 6.54 Å². The molecule has 0 saturated carbocycles. The predicted octanol–water partition coefficient (Wildman–Crippen LogP) is 2.11. The second-order valence-electron chi connectivity index (χ2n) is 5.48. The van der Waals surface area contributed by atoms with Gasteiger partial charge in [-0.1, -0.05) is 13.0 Å². The minimum atomic E-state index is -0.336. The van der Waals surface area contributed by atoms with E-state index in [-0.39, 0.29) is 17.6 Å². The van der Waals surface area contributed by atoms with Gasteiger partial charge in [-0.3, -0.25) is 4.90 Å². The maximum atomic E-state index is 13.9. The Hall–Kier alpha value is -1.17. The summed E-state index contributed by atoms with van der Waals surface area (Å²) in [6.07, 6.45) is 1.04. The lowest BCUT2D eigenvalue weighted by Crippen LogP contribution is -2.38. The molecule has 0 spiro atoms. The number of nitrogens with zero attached hydrogens (tertiary/aromatic N) is 2. The number of benzene rings is 1. The van der Waals surface area contributed by atoms with Crippen LogP contribution < -0.4 is 10.5 Å². The van der Waals surface area contributed by atoms with Crippen LogP contribution >= 0.6 is 0 Å². The third-order valence-electron chi connectivity index (χ3n) is 3.57. The standard InChI is InChI=1S/C16H28FN3O/c1-5-8-20(10-9-19(2)3)15(12-18)13-6-7-16(21-4)14(17)11-13/h6-7,11,15H,5,8-10,12,18H2,1-4H3. The molecule has 0 heterocycles. The minimum Gasteiger partial charge on any atom is -0.494 e. The molecule has 0 amide bonds. The lowest BCUT2D eigenvalue weighted by molar-refractivity contribution is 0.182. The van der Waals surface area contributed by atoms with Gasteiger partial charge in [-0.05, 0) is 44.8 Å². The molecular formula is C16H28FN3O. The molecule has 2 N–H and O–H groups in total. The molecule has 0 aliphatic carbocycles. The summed E-state index contributed by atoms with van der Waals surface area (Å²) in [6, 6.07) is 5.14. The number of hydrogen-bond donors (Lipinski definition) is 1. The summed E-state index contributed by atoms with van der Waals surface area (Å²) in [6.45, 7) is 5.43. The van der Waals surface area contributed by atoms with Gasteiger partial charge in [-0.2, -0.15) is 0 Å². The van der Waals surface area contributed by atoms with Gasteiger partial charge in [0.05, 0.1) is 7.11 Å². The molecule has 0 aliphatic rings. The topological polar surface area (TPSA) is 41.7 Å². The van der Waals surface area contributed by atoms with E-state index in [1.54, 1.807) is 6.07 Å². The van der Waals surface area contributed by atoms with Crippen LogP contribution in [0.1, 0.15) is 24.9 Å². The fraction of sp³-hybridized carbons (Fsp3) is 0.625. The van der Waals surface area contributed by atoms with E-state index in [9.17, 15) is 4.39 Å². The van der Waals surface area contributed by atoms with Crippen LogP contribution in [0.15, 0.2) is 18.2 Å². The predicted molar refractivity (Wildman–Crippen MR) is 85.2 cm³/mol. The molecule has 4 nitrogen and oxygen atoms in total. The number of likely N-dealkylation sites (N-methyl/N-ethyl adjacent to an activating group) is 1. The monoisotopic (exact) mass is 297 g/mol. The molecule has 1 aromatic rings. The first-order chi connectivity index (χ1) is 10.0. The summed E-state index contributed by atoms with van der Waals surface area (Å²) < 4.78 is 18.9. The quantitative estimate of drug-likeness (QED) is 0.758. The number of methoxy groups -OCH3 is 1. The lowest BCUT2D eigenvalue weighted by Gasteiger charge is -2.32. The third-order valence-corrected chi connectivity index (χ3v) is 3.57. The van der Waals surface area contributed by atoms with Crippen LogP contribution in [0, 0.1) is 5.82 Å². The van der Waals surface area contributed by atoms with Gasteiger partial charge in [-0.25, -0.2) is 4.39 Å². The van der Waals surface area contributed by atoms with Gasteiger partial charge in [0, 0.05) is 25.7 Å². The molecule has 1 aromatic carbocycles. The number of ether oxygens (including phenoxy) is 1. The van der Waals surface area contributed by atoms with Crippen molar-refractivity contribution in [3.8, 4) is 5.75 Å². The SMILES string of the molecule is CCCN(CCN(C)C)C(CN)c1ccc(OC)c(F)c1. The first kappa shape index (κ1) is 17.9. The summed E-state index contributed by atoms with van der Waals surface area (Å²) in [5.41, 5.74) is 6.86. The van der Waals surface area contributed by atoms with Gasteiger partial charge < -0.3 is 15.4 Å². The molecule has 0 saturated heterocycles. The summed E-state index contributed by atoms with van der Waals surface area (Å²) in [4.78, 5) is 4.46. The molecule has 0 fully saturated rings. The highest BCUT2D eigenvalue weighted by atomic mass is 19.1. The highest BCUT2D eigenvalue weighted by molar-refractivity contribution is 5.31. The number of rotatable bonds is 9. The van der Waals surface area contributed by atoms with Gasteiger partial charge in [-0.15, -0.1) is 0 Å². The van der Waals surface area contributed by atoms with Crippen LogP contribution in [0.2, 0.25) is 0 Å². The lowest BCUT2D eigenvalue weighted by atomic mass is 10.0. The first-order valence-electron chi connectivity index (χ1n) is 7.45. The summed E-state index contributed by atoms with van der Waals surface area (Å²) in [7, 11) is 5.57. The fourth-order valence-electron chi connectivity index (χ4n) is 2.43. The molecule has 21 heavy (non-hydrogen) atoms. The first-order valence-corrected chi connectivity index (χ1v) is 7.45. The van der Waals surface area contributed by atoms with E-state index in [0.717, 1.165) is 31.6 Å². The van der Waals surface area contributed by atoms with Gasteiger partial charge >= 0.3 is 0 Å². The minimum absolute atomic E-state index is 0.0327. The van der Waals surface area contributed by atoms with Gasteiger partial charge in [0.2, 0.25) is 0 Å². The van der Waals surface area contributed by atoms with E-state index >= 15 is 0 Å². The van der Waals surface area contributed by atoms with E-state index in [4.69, 9.17) is 10.5 Å². The average molecular weight is 297 g/mol. The molecule has 1 unspecified atom stereocenters. The highest BCUT2D eigenvalue weighted by Gasteiger charge is 2.19. The largest absolute Gasteiger partial charge is 0.494 e. The Morgan fingerprint density at radius 1 is 1.24 bits per heavy atom. The Labute approximate surface area is 127 Å². The third kappa shape index (κ3) is 5.26. The highest BCUT2D eigenvalue weighted by Crippen LogP contribution is 2.25. The van der Waals surface area contributed by atoms with Crippen LogP contribution in [0.3, 0.4) is 0 Å². The molecule has 120 valence electrons. The molecule has 0 radical (unpaired) electrons. The van der Waals surface area contributed by atoms with Crippen molar-refractivity contribution in [3.05, 3.63) is 29.6 Å². The van der Waals surface area contributed by atoms with Crippen molar-refractivity contribution in [1.82, 2.24) is 9.80 Å². The van der Waals surface area contributed by atoms with Crippen LogP contribution in [0.25, 0.3) is 0 Å². The van der Waals surface area contributed by atoms with Crippen molar-refractivity contribution in [2.75, 3.05) is 47.4 Å². The van der Waals surface area contributed by atoms with Crippen molar-refractivity contribution in [2.24, 2.45) is 5.73 Å². The molecule has 1 rings (SSSR count). The molecule has 1 atom stereocenters. The van der Waals surface area contributed by atoms with E-state index in [2.05, 4.69) is 30.8 Å². The zero-order chi connectivity index (χ0) is 15.8. The van der Waals surface area contributed by atoms with Crippen LogP contribution in [0.5, 0.6) is 5.75 Å². The molecule has 0 aliphatic heterocycles. The zero-order valence-electron chi connectivity index (χ0n) is 13.6. The van der Waals surface area contributed by atoms with Crippen molar-refractivity contribution < 1.29 is 9.13 Å². The summed E-state index contributed by atoms with van der Waals surface area (Å²) in [5, 5.41) is 0. The second kappa shape index (κ2) is 8.97. The number of hydrogen-bond acceptors (Lipinski definition) is 4. The average Bonchev–Trinajstić information content (AvgIpc) is 2.45. The van der Waals surface area contributed by atoms with E-state index in [1.165, 1.54) is 13.2 Å². The van der Waals surface area contributed by atoms with Crippen LogP contribution in [-0.2, 0) is 0 Å². The Balaban J connectivity index is 2.93. The summed E-state index contributed by atoms with van der Waals surface area (Å²) >= 11 is 0. The van der Waals surface area contributed by atoms with E-state index in [1.807, 2.05) is 6.07 Å². The van der Waals surface area contributed by atoms with Crippen molar-refractivity contribution in [1.29, 1.82) is 0 Å². The molecular weight excluding hydrogens is 269 g/mol. The van der Waals surface area contributed by atoms with E-state index < -0.39 is 0 Å². The van der Waals surface area contributed by atoms with Gasteiger partial charge in [0.1, 0.15) is 0 Å². The van der Waals surface area contributed by atoms with Crippen LogP contribution in [-0.4, -0.2) is 57.2 Å². The van der Waals surface area contributed by atoms with Gasteiger partial charge in [0.25, 0.3) is 0 Å². The Morgan fingerprint density at radius 3 is 2.43 bits per heavy atom. The Bertz CT molecular complexity index is 426. The Kier molecular flexibility index (Phi) is 7.64. The van der Waals surface area contributed by atoms with Crippen molar-refractivity contribution in [2.45, 2.75) is 19.4 Å². The zero-order valence-corrected chi connectivity index (χ0v) is 13.6. The van der Waals surface area contributed by atoms with Crippen LogP contribution in [0.4, 0.5) is 4.39 Å². The normalized spacial score (nSPS) is 13.0. The Morgan fingerprint density at radius 2 is 1.95 bits per heavy atom.